The van der Waals surface area contributed by atoms with Crippen LogP contribution in [-0.2, 0) is 20.5 Å². The van der Waals surface area contributed by atoms with Gasteiger partial charge in [-0.2, -0.15) is 13.2 Å². The number of benzene rings is 1. The molecule has 2 aliphatic rings. The molecule has 0 bridgehead atoms. The molecular formula is C22H30F3N3O3. The minimum absolute atomic E-state index is 0.130. The molecule has 1 spiro atoms. The van der Waals surface area contributed by atoms with Crippen LogP contribution in [0.4, 0.5) is 18.9 Å². The highest BCUT2D eigenvalue weighted by molar-refractivity contribution is 5.92. The van der Waals surface area contributed by atoms with Gasteiger partial charge in [0.05, 0.1) is 24.3 Å². The molecule has 3 rings (SSSR count). The third-order valence-electron chi connectivity index (χ3n) is 5.79. The Hall–Kier alpha value is -2.13. The van der Waals surface area contributed by atoms with E-state index in [1.807, 2.05) is 30.6 Å². The van der Waals surface area contributed by atoms with Crippen LogP contribution in [0.25, 0.3) is 0 Å². The normalized spacial score (nSPS) is 20.0. The van der Waals surface area contributed by atoms with E-state index in [2.05, 4.69) is 5.32 Å². The maximum absolute atomic E-state index is 12.7. The minimum atomic E-state index is -4.41. The van der Waals surface area contributed by atoms with Crippen LogP contribution in [0.2, 0.25) is 0 Å². The van der Waals surface area contributed by atoms with Crippen molar-refractivity contribution >= 4 is 17.5 Å². The minimum Gasteiger partial charge on any atom is -0.372 e. The summed E-state index contributed by atoms with van der Waals surface area (Å²) in [5.74, 6) is -0.150. The Bertz CT molecular complexity index is 795. The summed E-state index contributed by atoms with van der Waals surface area (Å²) >= 11 is 0. The van der Waals surface area contributed by atoms with Crippen molar-refractivity contribution in [3.05, 3.63) is 29.8 Å². The standard InChI is InChI=1S/C22H30F3N3O3/c1-20(2,3)19(30)28-10-8-21(9-11-28)15-27(12-13-31-21)14-18(29)26-17-6-4-16(5-7-17)22(23,24)25/h4-7H,8-15H2,1-3H3,(H,26,29). The average molecular weight is 441 g/mol. The first-order chi connectivity index (χ1) is 14.4. The first-order valence-corrected chi connectivity index (χ1v) is 10.5. The zero-order valence-corrected chi connectivity index (χ0v) is 18.2. The van der Waals surface area contributed by atoms with E-state index in [0.29, 0.717) is 51.3 Å². The number of morpholine rings is 1. The van der Waals surface area contributed by atoms with Gasteiger partial charge in [0, 0.05) is 37.3 Å². The summed E-state index contributed by atoms with van der Waals surface area (Å²) in [6.07, 6.45) is -2.98. The number of likely N-dealkylation sites (tertiary alicyclic amines) is 1. The Morgan fingerprint density at radius 2 is 1.68 bits per heavy atom. The van der Waals surface area contributed by atoms with Gasteiger partial charge in [0.2, 0.25) is 11.8 Å². The summed E-state index contributed by atoms with van der Waals surface area (Å²) in [4.78, 5) is 28.8. The Balaban J connectivity index is 1.52. The van der Waals surface area contributed by atoms with Gasteiger partial charge in [-0.15, -0.1) is 0 Å². The number of alkyl halides is 3. The van der Waals surface area contributed by atoms with Crippen molar-refractivity contribution in [1.82, 2.24) is 9.80 Å². The van der Waals surface area contributed by atoms with Crippen LogP contribution in [0.5, 0.6) is 0 Å². The second kappa shape index (κ2) is 8.78. The molecule has 2 aliphatic heterocycles. The molecule has 0 aliphatic carbocycles. The van der Waals surface area contributed by atoms with Gasteiger partial charge in [-0.1, -0.05) is 20.8 Å². The molecule has 1 N–H and O–H groups in total. The van der Waals surface area contributed by atoms with Gasteiger partial charge in [-0.3, -0.25) is 14.5 Å². The molecule has 0 aromatic heterocycles. The zero-order valence-electron chi connectivity index (χ0n) is 18.2. The van der Waals surface area contributed by atoms with E-state index in [1.54, 1.807) is 0 Å². The predicted octanol–water partition coefficient (Wildman–Crippen LogP) is 3.38. The van der Waals surface area contributed by atoms with E-state index < -0.39 is 17.2 Å². The van der Waals surface area contributed by atoms with Crippen molar-refractivity contribution in [2.24, 2.45) is 5.41 Å². The van der Waals surface area contributed by atoms with E-state index in [9.17, 15) is 22.8 Å². The van der Waals surface area contributed by atoms with Gasteiger partial charge in [0.25, 0.3) is 0 Å². The monoisotopic (exact) mass is 441 g/mol. The lowest BCUT2D eigenvalue weighted by Gasteiger charge is -2.47. The summed E-state index contributed by atoms with van der Waals surface area (Å²) in [5.41, 5.74) is -1.21. The molecule has 1 aromatic carbocycles. The van der Waals surface area contributed by atoms with Crippen LogP contribution in [0, 0.1) is 5.41 Å². The first kappa shape index (κ1) is 23.5. The molecule has 31 heavy (non-hydrogen) atoms. The molecule has 2 heterocycles. The summed E-state index contributed by atoms with van der Waals surface area (Å²) in [5, 5.41) is 2.66. The van der Waals surface area contributed by atoms with Crippen LogP contribution in [0.3, 0.4) is 0 Å². The van der Waals surface area contributed by atoms with Crippen LogP contribution >= 0.6 is 0 Å². The highest BCUT2D eigenvalue weighted by atomic mass is 19.4. The number of piperidine rings is 1. The average Bonchev–Trinajstić information content (AvgIpc) is 2.67. The van der Waals surface area contributed by atoms with Crippen molar-refractivity contribution in [1.29, 1.82) is 0 Å². The van der Waals surface area contributed by atoms with E-state index in [0.717, 1.165) is 12.1 Å². The van der Waals surface area contributed by atoms with Gasteiger partial charge in [-0.05, 0) is 37.1 Å². The van der Waals surface area contributed by atoms with E-state index in [-0.39, 0.29) is 24.0 Å². The van der Waals surface area contributed by atoms with E-state index in [4.69, 9.17) is 4.74 Å². The Morgan fingerprint density at radius 3 is 2.23 bits per heavy atom. The number of ether oxygens (including phenoxy) is 1. The van der Waals surface area contributed by atoms with Crippen molar-refractivity contribution in [2.45, 2.75) is 45.4 Å². The van der Waals surface area contributed by atoms with Crippen molar-refractivity contribution in [2.75, 3.05) is 44.6 Å². The lowest BCUT2D eigenvalue weighted by Crippen LogP contribution is -2.59. The summed E-state index contributed by atoms with van der Waals surface area (Å²) in [6, 6.07) is 4.41. The van der Waals surface area contributed by atoms with E-state index >= 15 is 0 Å². The van der Waals surface area contributed by atoms with Gasteiger partial charge < -0.3 is 15.0 Å². The Morgan fingerprint density at radius 1 is 1.06 bits per heavy atom. The van der Waals surface area contributed by atoms with Crippen LogP contribution < -0.4 is 5.32 Å². The number of amides is 2. The molecular weight excluding hydrogens is 411 g/mol. The molecule has 0 unspecified atom stereocenters. The third kappa shape index (κ3) is 5.98. The number of nitrogens with zero attached hydrogens (tertiary/aromatic N) is 2. The second-order valence-corrected chi connectivity index (χ2v) is 9.41. The third-order valence-corrected chi connectivity index (χ3v) is 5.79. The Labute approximate surface area is 180 Å². The maximum atomic E-state index is 12.7. The Kier molecular flexibility index (Phi) is 6.67. The summed E-state index contributed by atoms with van der Waals surface area (Å²) in [6.45, 7) is 8.81. The molecule has 6 nitrogen and oxygen atoms in total. The zero-order chi connectivity index (χ0) is 22.9. The van der Waals surface area contributed by atoms with Gasteiger partial charge in [0.15, 0.2) is 0 Å². The summed E-state index contributed by atoms with van der Waals surface area (Å²) in [7, 11) is 0. The van der Waals surface area contributed by atoms with Crippen molar-refractivity contribution in [3.8, 4) is 0 Å². The number of hydrogen-bond donors (Lipinski definition) is 1. The highest BCUT2D eigenvalue weighted by Gasteiger charge is 2.42. The highest BCUT2D eigenvalue weighted by Crippen LogP contribution is 2.32. The number of nitrogens with one attached hydrogen (secondary N) is 1. The number of carbonyl (C=O) groups excluding carboxylic acids is 2. The molecule has 0 radical (unpaired) electrons. The number of halogens is 3. The molecule has 9 heteroatoms. The molecule has 1 aromatic rings. The smallest absolute Gasteiger partial charge is 0.372 e. The van der Waals surface area contributed by atoms with Crippen molar-refractivity contribution in [3.63, 3.8) is 0 Å². The fourth-order valence-electron chi connectivity index (χ4n) is 4.10. The number of carbonyl (C=O) groups is 2. The predicted molar refractivity (Wildman–Crippen MR) is 110 cm³/mol. The molecule has 0 atom stereocenters. The fourth-order valence-corrected chi connectivity index (χ4v) is 4.10. The molecule has 0 saturated carbocycles. The summed E-state index contributed by atoms with van der Waals surface area (Å²) < 4.78 is 44.1. The SMILES string of the molecule is CC(C)(C)C(=O)N1CCC2(CC1)CN(CC(=O)Nc1ccc(C(F)(F)F)cc1)CCO2. The fraction of sp³-hybridized carbons (Fsp3) is 0.636. The number of rotatable bonds is 3. The van der Waals surface area contributed by atoms with Crippen LogP contribution in [-0.4, -0.2) is 66.5 Å². The maximum Gasteiger partial charge on any atom is 0.416 e. The first-order valence-electron chi connectivity index (χ1n) is 10.5. The molecule has 172 valence electrons. The molecule has 2 saturated heterocycles. The topological polar surface area (TPSA) is 61.9 Å². The van der Waals surface area contributed by atoms with Gasteiger partial charge in [0.1, 0.15) is 0 Å². The van der Waals surface area contributed by atoms with Crippen molar-refractivity contribution < 1.29 is 27.5 Å². The number of hydrogen-bond acceptors (Lipinski definition) is 4. The van der Waals surface area contributed by atoms with Gasteiger partial charge in [-0.25, -0.2) is 0 Å². The van der Waals surface area contributed by atoms with Crippen LogP contribution in [0.15, 0.2) is 24.3 Å². The van der Waals surface area contributed by atoms with E-state index in [1.165, 1.54) is 12.1 Å². The lowest BCUT2D eigenvalue weighted by atomic mass is 9.87. The largest absolute Gasteiger partial charge is 0.416 e. The lowest BCUT2D eigenvalue weighted by molar-refractivity contribution is -0.156. The molecule has 2 fully saturated rings. The number of anilines is 1. The van der Waals surface area contributed by atoms with Gasteiger partial charge >= 0.3 is 6.18 Å². The second-order valence-electron chi connectivity index (χ2n) is 9.41. The molecule has 2 amide bonds. The van der Waals surface area contributed by atoms with Crippen LogP contribution in [0.1, 0.15) is 39.2 Å². The quantitative estimate of drug-likeness (QED) is 0.781.